The number of ether oxygens (including phenoxy) is 6. The van der Waals surface area contributed by atoms with Crippen molar-refractivity contribution in [3.8, 4) is 34.1 Å². The molecule has 1 aliphatic rings. The molecule has 1 aliphatic carbocycles. The number of benzene rings is 4. The summed E-state index contributed by atoms with van der Waals surface area (Å²) in [6.07, 6.45) is 1.97. The van der Waals surface area contributed by atoms with E-state index < -0.39 is 42.3 Å². The number of hydrogen-bond donors (Lipinski definition) is 0. The van der Waals surface area contributed by atoms with Crippen LogP contribution in [0, 0.1) is 11.6 Å². The number of carbonyl (C=O) groups is 4. The van der Waals surface area contributed by atoms with Gasteiger partial charge < -0.3 is 28.4 Å². The highest BCUT2D eigenvalue weighted by Gasteiger charge is 2.28. The van der Waals surface area contributed by atoms with Crippen LogP contribution in [0.25, 0.3) is 11.1 Å². The molecule has 0 bridgehead atoms. The van der Waals surface area contributed by atoms with Crippen molar-refractivity contribution in [3.63, 3.8) is 0 Å². The molecule has 10 nitrogen and oxygen atoms in total. The first-order chi connectivity index (χ1) is 23.6. The maximum absolute atomic E-state index is 14.8. The minimum atomic E-state index is -0.930. The Balaban J connectivity index is 1.21. The summed E-state index contributed by atoms with van der Waals surface area (Å²) in [7, 11) is 0. The number of carbonyl (C=O) groups excluding carboxylic acids is 4. The lowest BCUT2D eigenvalue weighted by atomic mass is 9.99. The van der Waals surface area contributed by atoms with Crippen LogP contribution in [0.1, 0.15) is 44.7 Å². The Morgan fingerprint density at radius 2 is 1.10 bits per heavy atom. The van der Waals surface area contributed by atoms with Crippen LogP contribution < -0.4 is 18.9 Å². The average Bonchev–Trinajstić information content (AvgIpc) is 3.36. The van der Waals surface area contributed by atoms with E-state index in [9.17, 15) is 28.0 Å². The molecule has 4 aromatic rings. The van der Waals surface area contributed by atoms with Gasteiger partial charge in [0.2, 0.25) is 6.79 Å². The highest BCUT2D eigenvalue weighted by molar-refractivity contribution is 5.93. The normalized spacial score (nSPS) is 12.5. The first-order valence-electron chi connectivity index (χ1n) is 14.7. The molecule has 0 saturated carbocycles. The lowest BCUT2D eigenvalue weighted by Gasteiger charge is -2.11. The van der Waals surface area contributed by atoms with Crippen LogP contribution in [0.4, 0.5) is 8.78 Å². The van der Waals surface area contributed by atoms with E-state index in [1.54, 1.807) is 36.4 Å². The molecule has 1 unspecified atom stereocenters. The summed E-state index contributed by atoms with van der Waals surface area (Å²) in [5.41, 5.74) is 2.75. The van der Waals surface area contributed by atoms with E-state index >= 15 is 0 Å². The maximum atomic E-state index is 14.8. The van der Waals surface area contributed by atoms with Crippen LogP contribution in [0.5, 0.6) is 23.0 Å². The van der Waals surface area contributed by atoms with E-state index in [0.717, 1.165) is 46.5 Å². The fourth-order valence-electron chi connectivity index (χ4n) is 4.98. The van der Waals surface area contributed by atoms with Crippen LogP contribution in [-0.4, -0.2) is 43.9 Å². The lowest BCUT2D eigenvalue weighted by Crippen LogP contribution is -2.12. The van der Waals surface area contributed by atoms with Gasteiger partial charge in [-0.15, -0.1) is 0 Å². The van der Waals surface area contributed by atoms with Crippen molar-refractivity contribution >= 4 is 23.9 Å². The molecule has 0 saturated heterocycles. The van der Waals surface area contributed by atoms with Crippen molar-refractivity contribution < 1.29 is 56.4 Å². The minimum Gasteiger partial charge on any atom is -0.490 e. The van der Waals surface area contributed by atoms with Crippen molar-refractivity contribution in [1.29, 1.82) is 0 Å². The van der Waals surface area contributed by atoms with Crippen molar-refractivity contribution in [2.45, 2.75) is 12.8 Å². The molecule has 0 heterocycles. The van der Waals surface area contributed by atoms with Gasteiger partial charge in [0.15, 0.2) is 0 Å². The topological polar surface area (TPSA) is 124 Å². The molecule has 0 amide bonds. The number of halogens is 2. The van der Waals surface area contributed by atoms with E-state index in [4.69, 9.17) is 23.7 Å². The molecule has 4 aromatic carbocycles. The summed E-state index contributed by atoms with van der Waals surface area (Å²) in [6, 6.07) is 17.2. The smallest absolute Gasteiger partial charge is 0.346 e. The largest absolute Gasteiger partial charge is 0.490 e. The first-order valence-corrected chi connectivity index (χ1v) is 14.7. The van der Waals surface area contributed by atoms with Crippen molar-refractivity contribution in [2.75, 3.05) is 20.0 Å². The Bertz CT molecular complexity index is 1970. The molecule has 5 rings (SSSR count). The third kappa shape index (κ3) is 7.99. The van der Waals surface area contributed by atoms with Crippen LogP contribution in [0.2, 0.25) is 0 Å². The Hall–Kier alpha value is -6.30. The summed E-state index contributed by atoms with van der Waals surface area (Å²) in [6.45, 7) is 7.91. The number of hydrogen-bond acceptors (Lipinski definition) is 10. The average molecular weight is 671 g/mol. The summed E-state index contributed by atoms with van der Waals surface area (Å²) >= 11 is 0. The van der Waals surface area contributed by atoms with Crippen LogP contribution in [0.3, 0.4) is 0 Å². The van der Waals surface area contributed by atoms with E-state index in [-0.39, 0.29) is 53.3 Å². The molecule has 0 fully saturated rings. The molecule has 1 atom stereocenters. The number of fused-ring (bicyclic) bond motifs is 3. The van der Waals surface area contributed by atoms with Gasteiger partial charge >= 0.3 is 23.9 Å². The zero-order chi connectivity index (χ0) is 35.1. The van der Waals surface area contributed by atoms with Gasteiger partial charge in [-0.05, 0) is 70.8 Å². The lowest BCUT2D eigenvalue weighted by molar-refractivity contribution is -0.144. The Kier molecular flexibility index (Phi) is 10.5. The molecule has 12 heteroatoms. The Labute approximate surface area is 279 Å². The summed E-state index contributed by atoms with van der Waals surface area (Å²) in [4.78, 5) is 47.8. The van der Waals surface area contributed by atoms with Gasteiger partial charge in [0.1, 0.15) is 47.8 Å². The highest BCUT2D eigenvalue weighted by atomic mass is 19.1. The summed E-state index contributed by atoms with van der Waals surface area (Å²) in [5, 5.41) is 0. The fourth-order valence-corrected chi connectivity index (χ4v) is 4.98. The minimum absolute atomic E-state index is 0.0240. The molecule has 0 N–H and O–H groups in total. The van der Waals surface area contributed by atoms with Crippen LogP contribution >= 0.6 is 0 Å². The van der Waals surface area contributed by atoms with Gasteiger partial charge in [-0.3, -0.25) is 0 Å². The molecule has 0 spiro atoms. The second-order valence-corrected chi connectivity index (χ2v) is 10.4. The zero-order valence-corrected chi connectivity index (χ0v) is 26.0. The highest BCUT2D eigenvalue weighted by Crippen LogP contribution is 2.47. The van der Waals surface area contributed by atoms with Gasteiger partial charge in [0.25, 0.3) is 0 Å². The first kappa shape index (κ1) is 34.0. The molecule has 0 aliphatic heterocycles. The van der Waals surface area contributed by atoms with Crippen molar-refractivity contribution in [1.82, 2.24) is 0 Å². The maximum Gasteiger partial charge on any atom is 0.346 e. The van der Waals surface area contributed by atoms with Crippen molar-refractivity contribution in [3.05, 3.63) is 132 Å². The zero-order valence-electron chi connectivity index (χ0n) is 26.0. The predicted octanol–water partition coefficient (Wildman–Crippen LogP) is 6.71. The van der Waals surface area contributed by atoms with Gasteiger partial charge in [-0.25, -0.2) is 28.0 Å². The molecular weight excluding hydrogens is 642 g/mol. The van der Waals surface area contributed by atoms with Gasteiger partial charge in [0.05, 0.1) is 11.1 Å². The van der Waals surface area contributed by atoms with E-state index in [1.165, 1.54) is 24.3 Å². The SMILES string of the molecule is C=CC(=O)OCCOc1ccc(C(=O)Oc2ccc3c(c2)C(C)c2cc(OC(=O)c4ccc(OCOC(=O)C=C)cc4F)ccc2-3)c(F)c1. The number of esters is 4. The molecule has 250 valence electrons. The van der Waals surface area contributed by atoms with Gasteiger partial charge in [0, 0.05) is 30.2 Å². The van der Waals surface area contributed by atoms with Crippen LogP contribution in [0.15, 0.2) is 98.1 Å². The second-order valence-electron chi connectivity index (χ2n) is 10.4. The Morgan fingerprint density at radius 3 is 1.59 bits per heavy atom. The quantitative estimate of drug-likeness (QED) is 0.0499. The number of rotatable bonds is 13. The van der Waals surface area contributed by atoms with E-state index in [2.05, 4.69) is 17.9 Å². The molecule has 0 radical (unpaired) electrons. The molecular formula is C37H28F2O10. The summed E-state index contributed by atoms with van der Waals surface area (Å²) in [5.74, 6) is -4.56. The second kappa shape index (κ2) is 15.1. The standard InChI is InChI=1S/C37H28F2O10/c1-4-34(40)45-15-14-44-22-6-12-28(32(38)18-22)36(42)48-24-8-10-26-27-11-9-25(17-31(27)21(3)30(26)16-24)49-37(43)29-13-7-23(19-33(29)39)46-20-47-35(41)5-2/h4-13,16-19,21H,1-2,14-15,20H2,3H3. The third-order valence-electron chi connectivity index (χ3n) is 7.37. The third-order valence-corrected chi connectivity index (χ3v) is 7.37. The molecule has 49 heavy (non-hydrogen) atoms. The van der Waals surface area contributed by atoms with Crippen LogP contribution in [-0.2, 0) is 19.1 Å². The Morgan fingerprint density at radius 1 is 0.633 bits per heavy atom. The monoisotopic (exact) mass is 670 g/mol. The van der Waals surface area contributed by atoms with Gasteiger partial charge in [-0.2, -0.15) is 0 Å². The van der Waals surface area contributed by atoms with Crippen molar-refractivity contribution in [2.24, 2.45) is 0 Å². The predicted molar refractivity (Wildman–Crippen MR) is 171 cm³/mol. The van der Waals surface area contributed by atoms with E-state index in [1.807, 2.05) is 6.92 Å². The molecule has 0 aromatic heterocycles. The summed E-state index contributed by atoms with van der Waals surface area (Å²) < 4.78 is 60.4. The van der Waals surface area contributed by atoms with E-state index in [0.29, 0.717) is 0 Å². The fraction of sp³-hybridized carbons (Fsp3) is 0.135. The van der Waals surface area contributed by atoms with Gasteiger partial charge in [-0.1, -0.05) is 32.2 Å².